The molecule has 0 aliphatic carbocycles. The number of hydrogen-bond acceptors (Lipinski definition) is 6. The average molecular weight is 502 g/mol. The van der Waals surface area contributed by atoms with E-state index in [2.05, 4.69) is 15.6 Å². The topological polar surface area (TPSA) is 195 Å². The van der Waals surface area contributed by atoms with E-state index in [0.29, 0.717) is 19.4 Å². The van der Waals surface area contributed by atoms with Crippen LogP contribution in [0.3, 0.4) is 0 Å². The summed E-state index contributed by atoms with van der Waals surface area (Å²) in [5.41, 5.74) is 7.26. The molecule has 36 heavy (non-hydrogen) atoms. The summed E-state index contributed by atoms with van der Waals surface area (Å²) in [6.07, 6.45) is 1.99. The van der Waals surface area contributed by atoms with Crippen LogP contribution < -0.4 is 16.4 Å². The van der Waals surface area contributed by atoms with Gasteiger partial charge < -0.3 is 36.5 Å². The molecule has 4 atom stereocenters. The molecule has 1 aliphatic rings. The lowest BCUT2D eigenvalue weighted by molar-refractivity contribution is -0.144. The first-order valence-electron chi connectivity index (χ1n) is 11.7. The van der Waals surface area contributed by atoms with Crippen LogP contribution in [0.25, 0.3) is 10.9 Å². The average Bonchev–Trinajstić information content (AvgIpc) is 3.48. The van der Waals surface area contributed by atoms with Gasteiger partial charge in [0.25, 0.3) is 0 Å². The van der Waals surface area contributed by atoms with Crippen molar-refractivity contribution in [2.75, 3.05) is 6.54 Å². The van der Waals surface area contributed by atoms with Crippen molar-refractivity contribution in [2.45, 2.75) is 63.2 Å². The second kappa shape index (κ2) is 11.7. The minimum Gasteiger partial charge on any atom is -0.481 e. The smallest absolute Gasteiger partial charge is 0.326 e. The number of hydrogen-bond donors (Lipinski definition) is 6. The maximum atomic E-state index is 13.2. The Kier molecular flexibility index (Phi) is 8.64. The van der Waals surface area contributed by atoms with Crippen molar-refractivity contribution in [3.63, 3.8) is 0 Å². The molecule has 0 bridgehead atoms. The van der Waals surface area contributed by atoms with Crippen molar-refractivity contribution >= 4 is 40.6 Å². The number of amides is 3. The van der Waals surface area contributed by atoms with Gasteiger partial charge in [0.2, 0.25) is 17.7 Å². The highest BCUT2D eigenvalue weighted by atomic mass is 16.4. The van der Waals surface area contributed by atoms with Gasteiger partial charge in [-0.2, -0.15) is 0 Å². The highest BCUT2D eigenvalue weighted by Crippen LogP contribution is 2.21. The van der Waals surface area contributed by atoms with Crippen LogP contribution in [-0.4, -0.2) is 80.5 Å². The Hall–Kier alpha value is -3.93. The van der Waals surface area contributed by atoms with Gasteiger partial charge in [0.1, 0.15) is 18.1 Å². The van der Waals surface area contributed by atoms with Crippen molar-refractivity contribution in [1.29, 1.82) is 0 Å². The summed E-state index contributed by atoms with van der Waals surface area (Å²) in [6.45, 7) is 1.90. The lowest BCUT2D eigenvalue weighted by Crippen LogP contribution is -2.57. The number of carboxylic acid groups (broad SMARTS) is 2. The maximum absolute atomic E-state index is 13.2. The summed E-state index contributed by atoms with van der Waals surface area (Å²) in [6, 6.07) is 3.18. The summed E-state index contributed by atoms with van der Waals surface area (Å²) in [5.74, 6) is -4.26. The monoisotopic (exact) mass is 501 g/mol. The molecule has 194 valence electrons. The number of carboxylic acids is 2. The van der Waals surface area contributed by atoms with Gasteiger partial charge in [0.15, 0.2) is 0 Å². The summed E-state index contributed by atoms with van der Waals surface area (Å²) in [7, 11) is 0. The number of rotatable bonds is 11. The van der Waals surface area contributed by atoms with Crippen LogP contribution in [0.4, 0.5) is 0 Å². The molecule has 1 aliphatic heterocycles. The van der Waals surface area contributed by atoms with Gasteiger partial charge >= 0.3 is 11.9 Å². The number of nitrogens with two attached hydrogens (primary N) is 1. The molecule has 2 heterocycles. The Morgan fingerprint density at radius 2 is 1.86 bits per heavy atom. The maximum Gasteiger partial charge on any atom is 0.326 e. The predicted octanol–water partition coefficient (Wildman–Crippen LogP) is -0.0324. The lowest BCUT2D eigenvalue weighted by atomic mass is 10.0. The SMILES string of the molecule is CC(N)C(=O)N1CCCC1C(=O)NC(Cc1c[nH]c2ccccc12)C(=O)NC(CCC(=O)O)C(=O)O. The van der Waals surface area contributed by atoms with Gasteiger partial charge in [-0.3, -0.25) is 19.2 Å². The second-order valence-electron chi connectivity index (χ2n) is 8.93. The van der Waals surface area contributed by atoms with E-state index in [9.17, 15) is 29.1 Å². The van der Waals surface area contributed by atoms with Crippen molar-refractivity contribution in [2.24, 2.45) is 5.73 Å². The Bertz CT molecular complexity index is 1140. The van der Waals surface area contributed by atoms with Crippen LogP contribution in [-0.2, 0) is 30.4 Å². The molecule has 0 spiro atoms. The van der Waals surface area contributed by atoms with Crippen LogP contribution in [0.1, 0.15) is 38.2 Å². The molecule has 1 saturated heterocycles. The number of H-pyrrole nitrogens is 1. The van der Waals surface area contributed by atoms with E-state index in [4.69, 9.17) is 10.8 Å². The number of benzene rings is 1. The number of para-hydroxylation sites is 1. The van der Waals surface area contributed by atoms with Crippen molar-refractivity contribution in [3.8, 4) is 0 Å². The largest absolute Gasteiger partial charge is 0.481 e. The highest BCUT2D eigenvalue weighted by Gasteiger charge is 2.37. The third kappa shape index (κ3) is 6.39. The van der Waals surface area contributed by atoms with E-state index in [1.807, 2.05) is 24.3 Å². The molecule has 1 fully saturated rings. The zero-order valence-electron chi connectivity index (χ0n) is 19.9. The van der Waals surface area contributed by atoms with E-state index in [-0.39, 0.29) is 18.7 Å². The molecule has 12 nitrogen and oxygen atoms in total. The molecular formula is C24H31N5O7. The Labute approximate surface area is 207 Å². The number of aromatic nitrogens is 1. The standard InChI is InChI=1S/C24H31N5O7/c1-13(25)23(34)29-10-4-7-19(29)22(33)28-18(11-14-12-26-16-6-3-2-5-15(14)16)21(32)27-17(24(35)36)8-9-20(30)31/h2-3,5-6,12-13,17-19,26H,4,7-11,25H2,1H3,(H,27,32)(H,28,33)(H,30,31)(H,35,36). The molecule has 1 aromatic carbocycles. The number of likely N-dealkylation sites (tertiary alicyclic amines) is 1. The number of aromatic amines is 1. The first-order chi connectivity index (χ1) is 17.1. The molecule has 4 unspecified atom stereocenters. The second-order valence-corrected chi connectivity index (χ2v) is 8.93. The number of carbonyl (C=O) groups is 5. The van der Waals surface area contributed by atoms with E-state index < -0.39 is 54.3 Å². The van der Waals surface area contributed by atoms with E-state index in [1.165, 1.54) is 11.8 Å². The normalized spacial score (nSPS) is 17.8. The molecule has 12 heteroatoms. The van der Waals surface area contributed by atoms with E-state index in [1.54, 1.807) is 6.20 Å². The summed E-state index contributed by atoms with van der Waals surface area (Å²) in [5, 5.41) is 24.2. The summed E-state index contributed by atoms with van der Waals surface area (Å²) >= 11 is 0. The first kappa shape index (κ1) is 26.7. The third-order valence-corrected chi connectivity index (χ3v) is 6.22. The van der Waals surface area contributed by atoms with Crippen molar-refractivity contribution in [3.05, 3.63) is 36.0 Å². The van der Waals surface area contributed by atoms with Gasteiger partial charge in [0.05, 0.1) is 6.04 Å². The number of fused-ring (bicyclic) bond motifs is 1. The van der Waals surface area contributed by atoms with Crippen molar-refractivity contribution in [1.82, 2.24) is 20.5 Å². The fourth-order valence-electron chi connectivity index (χ4n) is 4.36. The summed E-state index contributed by atoms with van der Waals surface area (Å²) in [4.78, 5) is 65.9. The Morgan fingerprint density at radius 3 is 2.53 bits per heavy atom. The number of nitrogens with zero attached hydrogens (tertiary/aromatic N) is 1. The highest BCUT2D eigenvalue weighted by molar-refractivity contribution is 5.95. The van der Waals surface area contributed by atoms with Crippen molar-refractivity contribution < 1.29 is 34.2 Å². The predicted molar refractivity (Wildman–Crippen MR) is 129 cm³/mol. The molecule has 7 N–H and O–H groups in total. The van der Waals surface area contributed by atoms with Gasteiger partial charge in [-0.15, -0.1) is 0 Å². The number of aliphatic carboxylic acids is 2. The molecule has 0 saturated carbocycles. The van der Waals surface area contributed by atoms with Gasteiger partial charge in [-0.1, -0.05) is 18.2 Å². The van der Waals surface area contributed by atoms with Crippen LogP contribution in [0.2, 0.25) is 0 Å². The zero-order valence-corrected chi connectivity index (χ0v) is 19.9. The fraction of sp³-hybridized carbons (Fsp3) is 0.458. The van der Waals surface area contributed by atoms with Crippen LogP contribution >= 0.6 is 0 Å². The molecule has 3 rings (SSSR count). The quantitative estimate of drug-likeness (QED) is 0.247. The van der Waals surface area contributed by atoms with Gasteiger partial charge in [-0.25, -0.2) is 4.79 Å². The third-order valence-electron chi connectivity index (χ3n) is 6.22. The van der Waals surface area contributed by atoms with E-state index in [0.717, 1.165) is 16.5 Å². The van der Waals surface area contributed by atoms with Gasteiger partial charge in [0, 0.05) is 36.5 Å². The molecule has 3 amide bonds. The molecule has 1 aromatic heterocycles. The van der Waals surface area contributed by atoms with Crippen LogP contribution in [0, 0.1) is 0 Å². The molecule has 0 radical (unpaired) electrons. The zero-order chi connectivity index (χ0) is 26.4. The van der Waals surface area contributed by atoms with Crippen LogP contribution in [0.5, 0.6) is 0 Å². The minimum atomic E-state index is -1.45. The van der Waals surface area contributed by atoms with Crippen LogP contribution in [0.15, 0.2) is 30.5 Å². The van der Waals surface area contributed by atoms with E-state index >= 15 is 0 Å². The minimum absolute atomic E-state index is 0.0425. The molecular weight excluding hydrogens is 470 g/mol. The Balaban J connectivity index is 1.83. The van der Waals surface area contributed by atoms with Gasteiger partial charge in [-0.05, 0) is 37.8 Å². The fourth-order valence-corrected chi connectivity index (χ4v) is 4.36. The number of nitrogens with one attached hydrogen (secondary N) is 3. The first-order valence-corrected chi connectivity index (χ1v) is 11.7. The summed E-state index contributed by atoms with van der Waals surface area (Å²) < 4.78 is 0. The Morgan fingerprint density at radius 1 is 1.14 bits per heavy atom. The lowest BCUT2D eigenvalue weighted by Gasteiger charge is -2.28. The molecule has 2 aromatic rings. The number of carbonyl (C=O) groups excluding carboxylic acids is 3.